The fraction of sp³-hybridized carbons (Fsp3) is 0.0833. The van der Waals surface area contributed by atoms with Gasteiger partial charge in [0.25, 0.3) is 0 Å². The number of rotatable bonds is 3. The summed E-state index contributed by atoms with van der Waals surface area (Å²) in [6, 6.07) is 7.24. The van der Waals surface area contributed by atoms with E-state index in [1.165, 1.54) is 6.33 Å². The first-order valence-corrected chi connectivity index (χ1v) is 5.24. The van der Waals surface area contributed by atoms with Crippen LogP contribution in [0.5, 0.6) is 5.75 Å². The Balaban J connectivity index is 2.59. The highest BCUT2D eigenvalue weighted by atomic mass is 35.5. The third-order valence-corrected chi connectivity index (χ3v) is 2.60. The first-order chi connectivity index (χ1) is 8.26. The molecule has 1 aromatic heterocycles. The van der Waals surface area contributed by atoms with Crippen molar-refractivity contribution in [3.05, 3.63) is 41.3 Å². The van der Waals surface area contributed by atoms with Gasteiger partial charge in [0, 0.05) is 5.56 Å². The van der Waals surface area contributed by atoms with Crippen molar-refractivity contribution in [2.24, 2.45) is 0 Å². The molecule has 0 spiro atoms. The number of ether oxygens (including phenoxy) is 1. The van der Waals surface area contributed by atoms with Crippen LogP contribution in [0.3, 0.4) is 0 Å². The third-order valence-electron chi connectivity index (χ3n) is 2.30. The van der Waals surface area contributed by atoms with Crippen LogP contribution in [0, 0.1) is 0 Å². The molecule has 0 saturated heterocycles. The predicted octanol–water partition coefficient (Wildman–Crippen LogP) is 2.62. The number of aromatic nitrogens is 2. The van der Waals surface area contributed by atoms with E-state index >= 15 is 0 Å². The lowest BCUT2D eigenvalue weighted by molar-refractivity contribution is 0.112. The van der Waals surface area contributed by atoms with Crippen molar-refractivity contribution in [2.45, 2.75) is 0 Å². The SMILES string of the molecule is COc1cccc(-c2ncnc(Cl)c2C=O)c1. The molecule has 17 heavy (non-hydrogen) atoms. The average Bonchev–Trinajstić information content (AvgIpc) is 2.38. The smallest absolute Gasteiger partial charge is 0.155 e. The number of carbonyl (C=O) groups is 1. The molecule has 0 fully saturated rings. The monoisotopic (exact) mass is 248 g/mol. The first-order valence-electron chi connectivity index (χ1n) is 4.86. The minimum absolute atomic E-state index is 0.146. The lowest BCUT2D eigenvalue weighted by Crippen LogP contribution is -1.95. The van der Waals surface area contributed by atoms with Crippen LogP contribution >= 0.6 is 11.6 Å². The molecule has 0 atom stereocenters. The summed E-state index contributed by atoms with van der Waals surface area (Å²) in [7, 11) is 1.58. The zero-order chi connectivity index (χ0) is 12.3. The average molecular weight is 249 g/mol. The van der Waals surface area contributed by atoms with Gasteiger partial charge in [0.15, 0.2) is 6.29 Å². The zero-order valence-electron chi connectivity index (χ0n) is 9.05. The van der Waals surface area contributed by atoms with Gasteiger partial charge in [-0.3, -0.25) is 4.79 Å². The number of halogens is 1. The van der Waals surface area contributed by atoms with E-state index in [0.29, 0.717) is 17.7 Å². The molecule has 1 heterocycles. The summed E-state index contributed by atoms with van der Waals surface area (Å²) in [5.74, 6) is 0.689. The van der Waals surface area contributed by atoms with Crippen LogP contribution in [0.4, 0.5) is 0 Å². The fourth-order valence-corrected chi connectivity index (χ4v) is 1.66. The summed E-state index contributed by atoms with van der Waals surface area (Å²) < 4.78 is 5.12. The lowest BCUT2D eigenvalue weighted by Gasteiger charge is -2.06. The van der Waals surface area contributed by atoms with Gasteiger partial charge in [0.05, 0.1) is 18.4 Å². The highest BCUT2D eigenvalue weighted by Gasteiger charge is 2.11. The molecule has 0 unspecified atom stereocenters. The molecule has 5 heteroatoms. The van der Waals surface area contributed by atoms with Crippen molar-refractivity contribution in [1.82, 2.24) is 9.97 Å². The molecular formula is C12H9ClN2O2. The number of hydrogen-bond donors (Lipinski definition) is 0. The second kappa shape index (κ2) is 4.93. The van der Waals surface area contributed by atoms with E-state index in [-0.39, 0.29) is 10.7 Å². The Bertz CT molecular complexity index is 558. The van der Waals surface area contributed by atoms with E-state index < -0.39 is 0 Å². The van der Waals surface area contributed by atoms with Crippen LogP contribution in [-0.2, 0) is 0 Å². The highest BCUT2D eigenvalue weighted by molar-refractivity contribution is 6.32. The van der Waals surface area contributed by atoms with Crippen molar-refractivity contribution in [3.63, 3.8) is 0 Å². The van der Waals surface area contributed by atoms with Gasteiger partial charge in [-0.15, -0.1) is 0 Å². The van der Waals surface area contributed by atoms with Crippen molar-refractivity contribution < 1.29 is 9.53 Å². The second-order valence-electron chi connectivity index (χ2n) is 3.28. The minimum Gasteiger partial charge on any atom is -0.497 e. The van der Waals surface area contributed by atoms with Gasteiger partial charge < -0.3 is 4.74 Å². The van der Waals surface area contributed by atoms with Crippen LogP contribution in [-0.4, -0.2) is 23.4 Å². The van der Waals surface area contributed by atoms with Crippen molar-refractivity contribution in [2.75, 3.05) is 7.11 Å². The molecule has 0 radical (unpaired) electrons. The maximum Gasteiger partial charge on any atom is 0.155 e. The molecule has 0 aliphatic heterocycles. The number of nitrogens with zero attached hydrogens (tertiary/aromatic N) is 2. The molecular weight excluding hydrogens is 240 g/mol. The van der Waals surface area contributed by atoms with E-state index in [4.69, 9.17) is 16.3 Å². The Morgan fingerprint density at radius 2 is 2.18 bits per heavy atom. The van der Waals surface area contributed by atoms with Crippen LogP contribution in [0.25, 0.3) is 11.3 Å². The summed E-state index contributed by atoms with van der Waals surface area (Å²) in [4.78, 5) is 18.8. The Kier molecular flexibility index (Phi) is 3.35. The molecule has 2 rings (SSSR count). The Hall–Kier alpha value is -1.94. The number of aldehydes is 1. The second-order valence-corrected chi connectivity index (χ2v) is 3.63. The molecule has 86 valence electrons. The Labute approximate surface area is 103 Å². The number of carbonyl (C=O) groups excluding carboxylic acids is 1. The van der Waals surface area contributed by atoms with Crippen LogP contribution in [0.2, 0.25) is 5.15 Å². The van der Waals surface area contributed by atoms with Crippen LogP contribution in [0.1, 0.15) is 10.4 Å². The maximum absolute atomic E-state index is 11.0. The summed E-state index contributed by atoms with van der Waals surface area (Å²) in [6.07, 6.45) is 1.97. The molecule has 0 aliphatic carbocycles. The summed E-state index contributed by atoms with van der Waals surface area (Å²) >= 11 is 5.84. The third kappa shape index (κ3) is 2.26. The maximum atomic E-state index is 11.0. The van der Waals surface area contributed by atoms with E-state index in [1.54, 1.807) is 13.2 Å². The van der Waals surface area contributed by atoms with Crippen molar-refractivity contribution in [3.8, 4) is 17.0 Å². The van der Waals surface area contributed by atoms with Gasteiger partial charge in [-0.1, -0.05) is 23.7 Å². The highest BCUT2D eigenvalue weighted by Crippen LogP contribution is 2.26. The van der Waals surface area contributed by atoms with E-state index in [0.717, 1.165) is 5.56 Å². The largest absolute Gasteiger partial charge is 0.497 e. The predicted molar refractivity (Wildman–Crippen MR) is 64.4 cm³/mol. The van der Waals surface area contributed by atoms with Gasteiger partial charge in [-0.05, 0) is 12.1 Å². The van der Waals surface area contributed by atoms with Gasteiger partial charge in [0.1, 0.15) is 17.2 Å². The lowest BCUT2D eigenvalue weighted by atomic mass is 10.1. The first kappa shape index (κ1) is 11.5. The van der Waals surface area contributed by atoms with Gasteiger partial charge in [0.2, 0.25) is 0 Å². The Morgan fingerprint density at radius 3 is 2.88 bits per heavy atom. The molecule has 0 aliphatic rings. The minimum atomic E-state index is 0.146. The topological polar surface area (TPSA) is 52.1 Å². The zero-order valence-corrected chi connectivity index (χ0v) is 9.81. The summed E-state index contributed by atoms with van der Waals surface area (Å²) in [6.45, 7) is 0. The van der Waals surface area contributed by atoms with Crippen LogP contribution in [0.15, 0.2) is 30.6 Å². The molecule has 4 nitrogen and oxygen atoms in total. The Morgan fingerprint density at radius 1 is 1.35 bits per heavy atom. The molecule has 2 aromatic rings. The van der Waals surface area contributed by atoms with E-state index in [9.17, 15) is 4.79 Å². The molecule has 0 N–H and O–H groups in total. The molecule has 0 saturated carbocycles. The van der Waals surface area contributed by atoms with Crippen molar-refractivity contribution in [1.29, 1.82) is 0 Å². The van der Waals surface area contributed by atoms with E-state index in [1.807, 2.05) is 18.2 Å². The number of methoxy groups -OCH3 is 1. The van der Waals surface area contributed by atoms with E-state index in [2.05, 4.69) is 9.97 Å². The van der Waals surface area contributed by atoms with Crippen LogP contribution < -0.4 is 4.74 Å². The standard InChI is InChI=1S/C12H9ClN2O2/c1-17-9-4-2-3-8(5-9)11-10(6-16)12(13)15-7-14-11/h2-7H,1H3. The molecule has 1 aromatic carbocycles. The fourth-order valence-electron chi connectivity index (χ4n) is 1.48. The molecule has 0 amide bonds. The van der Waals surface area contributed by atoms with Gasteiger partial charge in [-0.2, -0.15) is 0 Å². The van der Waals surface area contributed by atoms with Gasteiger partial charge >= 0.3 is 0 Å². The molecule has 0 bridgehead atoms. The summed E-state index contributed by atoms with van der Waals surface area (Å²) in [5.41, 5.74) is 1.54. The van der Waals surface area contributed by atoms with Gasteiger partial charge in [-0.25, -0.2) is 9.97 Å². The summed E-state index contributed by atoms with van der Waals surface area (Å²) in [5, 5.41) is 0.146. The normalized spacial score (nSPS) is 10.0. The van der Waals surface area contributed by atoms with Crippen molar-refractivity contribution >= 4 is 17.9 Å². The number of benzene rings is 1. The quantitative estimate of drug-likeness (QED) is 0.619. The number of hydrogen-bond acceptors (Lipinski definition) is 4.